The van der Waals surface area contributed by atoms with E-state index < -0.39 is 0 Å². The Morgan fingerprint density at radius 1 is 1.17 bits per heavy atom. The number of rotatable bonds is 5. The second kappa shape index (κ2) is 6.97. The van der Waals surface area contributed by atoms with Crippen LogP contribution < -0.4 is 10.2 Å². The number of carbonyl (C=O) groups excluding carboxylic acids is 1. The SMILES string of the molecule is C[C@@H](Sc1nc2ccccc2[nH]1)C(=O)Nc1ccc(N(C)C)cc1. The molecule has 1 heterocycles. The molecule has 0 radical (unpaired) electrons. The number of hydrogen-bond donors (Lipinski definition) is 2. The molecule has 0 saturated carbocycles. The third-order valence-electron chi connectivity index (χ3n) is 3.68. The normalized spacial score (nSPS) is 12.1. The summed E-state index contributed by atoms with van der Waals surface area (Å²) in [7, 11) is 3.97. The van der Waals surface area contributed by atoms with Crippen molar-refractivity contribution >= 4 is 40.1 Å². The van der Waals surface area contributed by atoms with Crippen molar-refractivity contribution < 1.29 is 4.79 Å². The van der Waals surface area contributed by atoms with Crippen molar-refractivity contribution in [3.05, 3.63) is 48.5 Å². The number of anilines is 2. The number of nitrogens with zero attached hydrogens (tertiary/aromatic N) is 2. The van der Waals surface area contributed by atoms with Crippen molar-refractivity contribution in [2.75, 3.05) is 24.3 Å². The van der Waals surface area contributed by atoms with Gasteiger partial charge in [0.1, 0.15) is 0 Å². The Bertz CT molecular complexity index is 809. The van der Waals surface area contributed by atoms with E-state index >= 15 is 0 Å². The summed E-state index contributed by atoms with van der Waals surface area (Å²) < 4.78 is 0. The lowest BCUT2D eigenvalue weighted by atomic mass is 10.2. The number of para-hydroxylation sites is 2. The maximum absolute atomic E-state index is 12.4. The summed E-state index contributed by atoms with van der Waals surface area (Å²) in [6.07, 6.45) is 0. The topological polar surface area (TPSA) is 61.0 Å². The van der Waals surface area contributed by atoms with E-state index in [4.69, 9.17) is 0 Å². The molecule has 0 aliphatic carbocycles. The number of nitrogens with one attached hydrogen (secondary N) is 2. The first-order valence-electron chi connectivity index (χ1n) is 7.72. The molecule has 0 spiro atoms. The van der Waals surface area contributed by atoms with Crippen LogP contribution in [-0.2, 0) is 4.79 Å². The van der Waals surface area contributed by atoms with Gasteiger partial charge in [-0.05, 0) is 43.3 Å². The van der Waals surface area contributed by atoms with Gasteiger partial charge in [-0.25, -0.2) is 4.98 Å². The van der Waals surface area contributed by atoms with Gasteiger partial charge >= 0.3 is 0 Å². The fraction of sp³-hybridized carbons (Fsp3) is 0.222. The van der Waals surface area contributed by atoms with Crippen LogP contribution in [0.1, 0.15) is 6.92 Å². The summed E-state index contributed by atoms with van der Waals surface area (Å²) in [4.78, 5) is 22.1. The largest absolute Gasteiger partial charge is 0.378 e. The highest BCUT2D eigenvalue weighted by Gasteiger charge is 2.16. The van der Waals surface area contributed by atoms with Crippen LogP contribution in [0.5, 0.6) is 0 Å². The summed E-state index contributed by atoms with van der Waals surface area (Å²) in [5.41, 5.74) is 3.78. The van der Waals surface area contributed by atoms with Crippen LogP contribution in [-0.4, -0.2) is 35.2 Å². The lowest BCUT2D eigenvalue weighted by Crippen LogP contribution is -2.22. The molecular weight excluding hydrogens is 320 g/mol. The van der Waals surface area contributed by atoms with Gasteiger partial charge in [0.2, 0.25) is 5.91 Å². The number of benzene rings is 2. The van der Waals surface area contributed by atoms with Crippen molar-refractivity contribution in [3.8, 4) is 0 Å². The minimum absolute atomic E-state index is 0.0435. The van der Waals surface area contributed by atoms with Crippen molar-refractivity contribution in [2.24, 2.45) is 0 Å². The molecule has 0 fully saturated rings. The third-order valence-corrected chi connectivity index (χ3v) is 4.66. The first-order valence-corrected chi connectivity index (χ1v) is 8.60. The molecule has 6 heteroatoms. The van der Waals surface area contributed by atoms with Crippen LogP contribution in [0.3, 0.4) is 0 Å². The number of carbonyl (C=O) groups is 1. The lowest BCUT2D eigenvalue weighted by molar-refractivity contribution is -0.115. The van der Waals surface area contributed by atoms with Crippen LogP contribution >= 0.6 is 11.8 Å². The van der Waals surface area contributed by atoms with Gasteiger partial charge in [-0.3, -0.25) is 4.79 Å². The molecule has 1 atom stereocenters. The molecule has 2 N–H and O–H groups in total. The first kappa shape index (κ1) is 16.4. The van der Waals surface area contributed by atoms with E-state index in [2.05, 4.69) is 15.3 Å². The van der Waals surface area contributed by atoms with Crippen LogP contribution in [0.25, 0.3) is 11.0 Å². The summed E-state index contributed by atoms with van der Waals surface area (Å²) in [5.74, 6) is -0.0435. The van der Waals surface area contributed by atoms with Gasteiger partial charge in [-0.15, -0.1) is 0 Å². The quantitative estimate of drug-likeness (QED) is 0.695. The fourth-order valence-corrected chi connectivity index (χ4v) is 3.11. The van der Waals surface area contributed by atoms with E-state index in [-0.39, 0.29) is 11.2 Å². The summed E-state index contributed by atoms with van der Waals surface area (Å²) in [6.45, 7) is 1.88. The Labute approximate surface area is 145 Å². The van der Waals surface area contributed by atoms with Crippen LogP contribution in [0.2, 0.25) is 0 Å². The minimum atomic E-state index is -0.251. The van der Waals surface area contributed by atoms with Gasteiger partial charge in [-0.1, -0.05) is 23.9 Å². The molecule has 2 aromatic carbocycles. The highest BCUT2D eigenvalue weighted by atomic mass is 32.2. The number of imidazole rings is 1. The Morgan fingerprint density at radius 3 is 2.54 bits per heavy atom. The molecule has 0 unspecified atom stereocenters. The number of aromatic amines is 1. The second-order valence-electron chi connectivity index (χ2n) is 5.75. The van der Waals surface area contributed by atoms with Gasteiger partial charge < -0.3 is 15.2 Å². The molecule has 0 saturated heterocycles. The number of thioether (sulfide) groups is 1. The molecule has 3 rings (SSSR count). The zero-order valence-electron chi connectivity index (χ0n) is 13.9. The average molecular weight is 340 g/mol. The fourth-order valence-electron chi connectivity index (χ4n) is 2.29. The van der Waals surface area contributed by atoms with Gasteiger partial charge in [0.15, 0.2) is 5.16 Å². The Balaban J connectivity index is 1.63. The predicted octanol–water partition coefficient (Wildman–Crippen LogP) is 3.75. The summed E-state index contributed by atoms with van der Waals surface area (Å²) in [5, 5.41) is 3.44. The van der Waals surface area contributed by atoms with E-state index in [1.807, 2.05) is 74.4 Å². The van der Waals surface area contributed by atoms with Gasteiger partial charge in [0.25, 0.3) is 0 Å². The number of H-pyrrole nitrogens is 1. The molecule has 3 aromatic rings. The molecule has 124 valence electrons. The zero-order valence-corrected chi connectivity index (χ0v) is 14.7. The average Bonchev–Trinajstić information content (AvgIpc) is 2.97. The number of hydrogen-bond acceptors (Lipinski definition) is 4. The highest BCUT2D eigenvalue weighted by molar-refractivity contribution is 8.00. The Hall–Kier alpha value is -2.47. The van der Waals surface area contributed by atoms with Crippen LogP contribution in [0.4, 0.5) is 11.4 Å². The zero-order chi connectivity index (χ0) is 17.1. The highest BCUT2D eigenvalue weighted by Crippen LogP contribution is 2.24. The van der Waals surface area contributed by atoms with E-state index in [1.165, 1.54) is 11.8 Å². The van der Waals surface area contributed by atoms with Crippen LogP contribution in [0, 0.1) is 0 Å². The monoisotopic (exact) mass is 340 g/mol. The number of amides is 1. The van der Waals surface area contributed by atoms with E-state index in [0.29, 0.717) is 0 Å². The van der Waals surface area contributed by atoms with E-state index in [0.717, 1.165) is 27.6 Å². The van der Waals surface area contributed by atoms with Crippen molar-refractivity contribution in [1.29, 1.82) is 0 Å². The smallest absolute Gasteiger partial charge is 0.237 e. The van der Waals surface area contributed by atoms with Crippen molar-refractivity contribution in [2.45, 2.75) is 17.3 Å². The Morgan fingerprint density at radius 2 is 1.88 bits per heavy atom. The molecule has 0 aliphatic rings. The molecule has 24 heavy (non-hydrogen) atoms. The lowest BCUT2D eigenvalue weighted by Gasteiger charge is -2.14. The summed E-state index contributed by atoms with van der Waals surface area (Å²) in [6, 6.07) is 15.6. The maximum Gasteiger partial charge on any atom is 0.237 e. The molecule has 5 nitrogen and oxygen atoms in total. The van der Waals surface area contributed by atoms with E-state index in [9.17, 15) is 4.79 Å². The Kier molecular flexibility index (Phi) is 4.76. The number of fused-ring (bicyclic) bond motifs is 1. The third kappa shape index (κ3) is 3.71. The molecule has 0 aliphatic heterocycles. The van der Waals surface area contributed by atoms with Crippen molar-refractivity contribution in [3.63, 3.8) is 0 Å². The van der Waals surface area contributed by atoms with E-state index in [1.54, 1.807) is 0 Å². The standard InChI is InChI=1S/C18H20N4OS/c1-12(24-18-20-15-6-4-5-7-16(15)21-18)17(23)19-13-8-10-14(11-9-13)22(2)3/h4-12H,1-3H3,(H,19,23)(H,20,21)/t12-/m1/s1. The second-order valence-corrected chi connectivity index (χ2v) is 7.08. The molecular formula is C18H20N4OS. The first-order chi connectivity index (χ1) is 11.5. The minimum Gasteiger partial charge on any atom is -0.378 e. The maximum atomic E-state index is 12.4. The number of aromatic nitrogens is 2. The molecule has 1 amide bonds. The van der Waals surface area contributed by atoms with Crippen LogP contribution in [0.15, 0.2) is 53.7 Å². The van der Waals surface area contributed by atoms with Gasteiger partial charge in [0.05, 0.1) is 16.3 Å². The van der Waals surface area contributed by atoms with Crippen molar-refractivity contribution in [1.82, 2.24) is 9.97 Å². The molecule has 0 bridgehead atoms. The molecule has 1 aromatic heterocycles. The van der Waals surface area contributed by atoms with Gasteiger partial charge in [0, 0.05) is 25.5 Å². The predicted molar refractivity (Wildman–Crippen MR) is 101 cm³/mol. The summed E-state index contributed by atoms with van der Waals surface area (Å²) >= 11 is 1.42. The van der Waals surface area contributed by atoms with Gasteiger partial charge in [-0.2, -0.15) is 0 Å².